The SMILES string of the molecule is CN[C@@H]1CCN(C)[C@H](C)C1. The molecule has 1 aliphatic rings. The zero-order valence-corrected chi connectivity index (χ0v) is 7.22. The van der Waals surface area contributed by atoms with Crippen LogP contribution in [0.2, 0.25) is 0 Å². The molecule has 0 unspecified atom stereocenters. The first-order valence-electron chi connectivity index (χ1n) is 4.11. The van der Waals surface area contributed by atoms with Gasteiger partial charge in [-0.2, -0.15) is 0 Å². The van der Waals surface area contributed by atoms with Crippen LogP contribution < -0.4 is 5.32 Å². The Morgan fingerprint density at radius 1 is 1.50 bits per heavy atom. The van der Waals surface area contributed by atoms with Crippen molar-refractivity contribution in [3.63, 3.8) is 0 Å². The second kappa shape index (κ2) is 3.35. The summed E-state index contributed by atoms with van der Waals surface area (Å²) in [7, 11) is 4.26. The van der Waals surface area contributed by atoms with E-state index in [1.54, 1.807) is 0 Å². The Labute approximate surface area is 63.6 Å². The van der Waals surface area contributed by atoms with Crippen LogP contribution in [0.3, 0.4) is 0 Å². The largest absolute Gasteiger partial charge is 0.317 e. The highest BCUT2D eigenvalue weighted by atomic mass is 15.1. The molecule has 1 aliphatic heterocycles. The minimum atomic E-state index is 0.756. The zero-order chi connectivity index (χ0) is 7.56. The van der Waals surface area contributed by atoms with Crippen LogP contribution >= 0.6 is 0 Å². The number of piperidine rings is 1. The lowest BCUT2D eigenvalue weighted by atomic mass is 9.99. The molecule has 0 bridgehead atoms. The van der Waals surface area contributed by atoms with Crippen molar-refractivity contribution in [1.82, 2.24) is 10.2 Å². The number of likely N-dealkylation sites (tertiary alicyclic amines) is 1. The third kappa shape index (κ3) is 1.70. The average Bonchev–Trinajstić information content (AvgIpc) is 1.95. The van der Waals surface area contributed by atoms with Crippen molar-refractivity contribution in [2.45, 2.75) is 31.8 Å². The maximum Gasteiger partial charge on any atom is 0.00910 e. The molecule has 2 atom stereocenters. The van der Waals surface area contributed by atoms with E-state index in [1.165, 1.54) is 19.4 Å². The Morgan fingerprint density at radius 3 is 2.70 bits per heavy atom. The van der Waals surface area contributed by atoms with Crippen LogP contribution in [0.5, 0.6) is 0 Å². The Balaban J connectivity index is 2.33. The minimum absolute atomic E-state index is 0.756. The Morgan fingerprint density at radius 2 is 2.20 bits per heavy atom. The molecule has 0 saturated carbocycles. The van der Waals surface area contributed by atoms with Gasteiger partial charge < -0.3 is 10.2 Å². The van der Waals surface area contributed by atoms with Crippen molar-refractivity contribution in [2.24, 2.45) is 0 Å². The van der Waals surface area contributed by atoms with Crippen molar-refractivity contribution < 1.29 is 0 Å². The van der Waals surface area contributed by atoms with Gasteiger partial charge in [0.15, 0.2) is 0 Å². The summed E-state index contributed by atoms with van der Waals surface area (Å²) >= 11 is 0. The summed E-state index contributed by atoms with van der Waals surface area (Å²) in [6.07, 6.45) is 2.60. The molecule has 0 aromatic rings. The van der Waals surface area contributed by atoms with Crippen LogP contribution in [0.25, 0.3) is 0 Å². The molecular formula is C8H18N2. The van der Waals surface area contributed by atoms with Crippen molar-refractivity contribution in [2.75, 3.05) is 20.6 Å². The molecule has 0 aromatic carbocycles. The van der Waals surface area contributed by atoms with Crippen LogP contribution in [0, 0.1) is 0 Å². The molecule has 2 nitrogen and oxygen atoms in total. The predicted molar refractivity (Wildman–Crippen MR) is 44.2 cm³/mol. The zero-order valence-electron chi connectivity index (χ0n) is 7.22. The molecule has 1 rings (SSSR count). The fourth-order valence-corrected chi connectivity index (χ4v) is 1.55. The second-order valence-electron chi connectivity index (χ2n) is 3.34. The van der Waals surface area contributed by atoms with Crippen LogP contribution in [-0.4, -0.2) is 37.6 Å². The normalized spacial score (nSPS) is 36.3. The van der Waals surface area contributed by atoms with Gasteiger partial charge in [0.1, 0.15) is 0 Å². The fraction of sp³-hybridized carbons (Fsp3) is 1.00. The summed E-state index contributed by atoms with van der Waals surface area (Å²) in [5.74, 6) is 0. The molecule has 0 aromatic heterocycles. The molecule has 1 N–H and O–H groups in total. The van der Waals surface area contributed by atoms with E-state index in [0.717, 1.165) is 12.1 Å². The fourth-order valence-electron chi connectivity index (χ4n) is 1.55. The van der Waals surface area contributed by atoms with E-state index in [2.05, 4.69) is 31.2 Å². The quantitative estimate of drug-likeness (QED) is 0.579. The van der Waals surface area contributed by atoms with Gasteiger partial charge in [-0.05, 0) is 40.4 Å². The number of hydrogen-bond acceptors (Lipinski definition) is 2. The van der Waals surface area contributed by atoms with E-state index < -0.39 is 0 Å². The molecule has 10 heavy (non-hydrogen) atoms. The molecule has 0 spiro atoms. The first-order chi connectivity index (χ1) is 4.74. The van der Waals surface area contributed by atoms with Crippen LogP contribution in [0.4, 0.5) is 0 Å². The van der Waals surface area contributed by atoms with Crippen LogP contribution in [-0.2, 0) is 0 Å². The van der Waals surface area contributed by atoms with E-state index in [0.29, 0.717) is 0 Å². The summed E-state index contributed by atoms with van der Waals surface area (Å²) in [5, 5.41) is 3.33. The van der Waals surface area contributed by atoms with Gasteiger partial charge in [-0.3, -0.25) is 0 Å². The summed E-state index contributed by atoms with van der Waals surface area (Å²) in [6.45, 7) is 3.54. The van der Waals surface area contributed by atoms with Crippen molar-refractivity contribution >= 4 is 0 Å². The van der Waals surface area contributed by atoms with Crippen molar-refractivity contribution in [3.05, 3.63) is 0 Å². The van der Waals surface area contributed by atoms with Crippen molar-refractivity contribution in [1.29, 1.82) is 0 Å². The number of nitrogens with zero attached hydrogens (tertiary/aromatic N) is 1. The Bertz CT molecular complexity index is 103. The average molecular weight is 142 g/mol. The molecule has 0 amide bonds. The third-order valence-electron chi connectivity index (χ3n) is 2.62. The van der Waals surface area contributed by atoms with Crippen LogP contribution in [0.15, 0.2) is 0 Å². The van der Waals surface area contributed by atoms with Gasteiger partial charge in [-0.15, -0.1) is 0 Å². The van der Waals surface area contributed by atoms with Gasteiger partial charge in [-0.1, -0.05) is 0 Å². The van der Waals surface area contributed by atoms with Gasteiger partial charge in [0.2, 0.25) is 0 Å². The van der Waals surface area contributed by atoms with Gasteiger partial charge >= 0.3 is 0 Å². The number of rotatable bonds is 1. The summed E-state index contributed by atoms with van der Waals surface area (Å²) < 4.78 is 0. The highest BCUT2D eigenvalue weighted by Gasteiger charge is 2.20. The standard InChI is InChI=1S/C8H18N2/c1-7-6-8(9-2)4-5-10(7)3/h7-9H,4-6H2,1-3H3/t7-,8-/m1/s1. The van der Waals surface area contributed by atoms with Gasteiger partial charge in [0.05, 0.1) is 0 Å². The minimum Gasteiger partial charge on any atom is -0.317 e. The molecule has 1 saturated heterocycles. The summed E-state index contributed by atoms with van der Waals surface area (Å²) in [6, 6.07) is 1.51. The molecular weight excluding hydrogens is 124 g/mol. The predicted octanol–water partition coefficient (Wildman–Crippen LogP) is 0.688. The van der Waals surface area contributed by atoms with E-state index in [-0.39, 0.29) is 0 Å². The lowest BCUT2D eigenvalue weighted by molar-refractivity contribution is 0.172. The van der Waals surface area contributed by atoms with E-state index in [1.807, 2.05) is 0 Å². The molecule has 1 fully saturated rings. The molecule has 60 valence electrons. The van der Waals surface area contributed by atoms with Gasteiger partial charge in [0.25, 0.3) is 0 Å². The monoisotopic (exact) mass is 142 g/mol. The molecule has 1 heterocycles. The summed E-state index contributed by atoms with van der Waals surface area (Å²) in [5.41, 5.74) is 0. The van der Waals surface area contributed by atoms with E-state index >= 15 is 0 Å². The van der Waals surface area contributed by atoms with E-state index in [4.69, 9.17) is 0 Å². The number of hydrogen-bond donors (Lipinski definition) is 1. The smallest absolute Gasteiger partial charge is 0.00910 e. The molecule has 0 aliphatic carbocycles. The summed E-state index contributed by atoms with van der Waals surface area (Å²) in [4.78, 5) is 2.42. The first-order valence-corrected chi connectivity index (χ1v) is 4.11. The highest BCUT2D eigenvalue weighted by molar-refractivity contribution is 4.79. The third-order valence-corrected chi connectivity index (χ3v) is 2.62. The lowest BCUT2D eigenvalue weighted by Crippen LogP contribution is -2.44. The number of nitrogens with one attached hydrogen (secondary N) is 1. The topological polar surface area (TPSA) is 15.3 Å². The van der Waals surface area contributed by atoms with Crippen LogP contribution in [0.1, 0.15) is 19.8 Å². The van der Waals surface area contributed by atoms with E-state index in [9.17, 15) is 0 Å². The van der Waals surface area contributed by atoms with Gasteiger partial charge in [0, 0.05) is 12.1 Å². The lowest BCUT2D eigenvalue weighted by Gasteiger charge is -2.34. The molecule has 0 radical (unpaired) electrons. The first kappa shape index (κ1) is 8.02. The van der Waals surface area contributed by atoms with Crippen molar-refractivity contribution in [3.8, 4) is 0 Å². The Kier molecular flexibility index (Phi) is 2.69. The second-order valence-corrected chi connectivity index (χ2v) is 3.34. The molecule has 2 heteroatoms. The maximum atomic E-state index is 3.33. The maximum absolute atomic E-state index is 3.33. The van der Waals surface area contributed by atoms with Gasteiger partial charge in [-0.25, -0.2) is 0 Å². The Hall–Kier alpha value is -0.0800. The highest BCUT2D eigenvalue weighted by Crippen LogP contribution is 2.14.